The van der Waals surface area contributed by atoms with Gasteiger partial charge in [-0.3, -0.25) is 0 Å². The van der Waals surface area contributed by atoms with Crippen molar-refractivity contribution in [1.29, 1.82) is 0 Å². The minimum atomic E-state index is 1.09. The molecule has 0 spiro atoms. The van der Waals surface area contributed by atoms with E-state index in [4.69, 9.17) is 0 Å². The number of aryl methyl sites for hydroxylation is 2. The molecule has 0 bridgehead atoms. The van der Waals surface area contributed by atoms with Crippen LogP contribution in [-0.2, 0) is 12.8 Å². The molecule has 3 aromatic carbocycles. The summed E-state index contributed by atoms with van der Waals surface area (Å²) in [6.07, 6.45) is 18.6. The fourth-order valence-corrected chi connectivity index (χ4v) is 4.85. The molecular weight excluding hydrogens is 398 g/mol. The second-order valence-electron chi connectivity index (χ2n) is 9.62. The highest BCUT2D eigenvalue weighted by atomic mass is 14.9. The average molecular weight is 444 g/mol. The molecule has 0 fully saturated rings. The van der Waals surface area contributed by atoms with E-state index < -0.39 is 0 Å². The maximum absolute atomic E-state index is 3.83. The molecule has 0 unspecified atom stereocenters. The number of hydrogen-bond donors (Lipinski definition) is 1. The first kappa shape index (κ1) is 25.3. The van der Waals surface area contributed by atoms with Crippen LogP contribution in [0.2, 0.25) is 0 Å². The van der Waals surface area contributed by atoms with Crippen LogP contribution in [0.15, 0.2) is 66.7 Å². The van der Waals surface area contributed by atoms with Crippen LogP contribution in [0.5, 0.6) is 0 Å². The van der Waals surface area contributed by atoms with Crippen LogP contribution in [0, 0.1) is 0 Å². The minimum absolute atomic E-state index is 1.09. The number of anilines is 1. The van der Waals surface area contributed by atoms with Gasteiger partial charge in [-0.25, -0.2) is 0 Å². The van der Waals surface area contributed by atoms with Crippen molar-refractivity contribution in [2.45, 2.75) is 96.8 Å². The van der Waals surface area contributed by atoms with E-state index in [1.807, 2.05) is 0 Å². The predicted octanol–water partition coefficient (Wildman–Crippen LogP) is 9.74. The molecule has 1 heteroatoms. The molecular formula is C32H45N. The minimum Gasteiger partial charge on any atom is -0.384 e. The highest BCUT2D eigenvalue weighted by Gasteiger charge is 2.07. The van der Waals surface area contributed by atoms with Gasteiger partial charge in [-0.15, -0.1) is 0 Å². The summed E-state index contributed by atoms with van der Waals surface area (Å²) in [6, 6.07) is 24.4. The molecule has 178 valence electrons. The molecule has 0 heterocycles. The Kier molecular flexibility index (Phi) is 11.9. The number of benzene rings is 3. The zero-order chi connectivity index (χ0) is 23.0. The quantitative estimate of drug-likeness (QED) is 0.205. The molecule has 1 N–H and O–H groups in total. The Morgan fingerprint density at radius 3 is 1.97 bits per heavy atom. The van der Waals surface area contributed by atoms with Gasteiger partial charge >= 0.3 is 0 Å². The van der Waals surface area contributed by atoms with Crippen molar-refractivity contribution in [3.8, 4) is 0 Å². The lowest BCUT2D eigenvalue weighted by molar-refractivity contribution is 0.594. The van der Waals surface area contributed by atoms with Gasteiger partial charge < -0.3 is 5.32 Å². The first-order chi connectivity index (χ1) is 16.4. The largest absolute Gasteiger partial charge is 0.384 e. The average Bonchev–Trinajstić information content (AvgIpc) is 2.86. The van der Waals surface area contributed by atoms with E-state index in [0.717, 1.165) is 6.54 Å². The van der Waals surface area contributed by atoms with Gasteiger partial charge in [-0.05, 0) is 48.6 Å². The lowest BCUT2D eigenvalue weighted by atomic mass is 9.98. The number of hydrogen-bond acceptors (Lipinski definition) is 1. The summed E-state index contributed by atoms with van der Waals surface area (Å²) in [7, 11) is 0. The number of rotatable bonds is 17. The third kappa shape index (κ3) is 9.24. The van der Waals surface area contributed by atoms with Crippen molar-refractivity contribution in [1.82, 2.24) is 0 Å². The van der Waals surface area contributed by atoms with Gasteiger partial charge in [0, 0.05) is 17.6 Å². The SMILES string of the molecule is CCCCCCCCNc1c(CCCCCCCCc2ccccc2)ccc2ccccc12. The van der Waals surface area contributed by atoms with Crippen LogP contribution in [0.4, 0.5) is 5.69 Å². The highest BCUT2D eigenvalue weighted by molar-refractivity contribution is 5.95. The molecule has 0 aliphatic heterocycles. The van der Waals surface area contributed by atoms with E-state index in [0.29, 0.717) is 0 Å². The highest BCUT2D eigenvalue weighted by Crippen LogP contribution is 2.29. The second kappa shape index (κ2) is 15.5. The van der Waals surface area contributed by atoms with Gasteiger partial charge in [0.15, 0.2) is 0 Å². The van der Waals surface area contributed by atoms with Crippen molar-refractivity contribution in [2.75, 3.05) is 11.9 Å². The predicted molar refractivity (Wildman–Crippen MR) is 147 cm³/mol. The van der Waals surface area contributed by atoms with Crippen LogP contribution < -0.4 is 5.32 Å². The van der Waals surface area contributed by atoms with Crippen molar-refractivity contribution in [3.05, 3.63) is 77.9 Å². The van der Waals surface area contributed by atoms with Crippen LogP contribution in [0.25, 0.3) is 10.8 Å². The summed E-state index contributed by atoms with van der Waals surface area (Å²) in [5.41, 5.74) is 4.38. The zero-order valence-corrected chi connectivity index (χ0v) is 21.0. The van der Waals surface area contributed by atoms with Gasteiger partial charge in [0.1, 0.15) is 0 Å². The van der Waals surface area contributed by atoms with Crippen molar-refractivity contribution >= 4 is 16.5 Å². The van der Waals surface area contributed by atoms with Crippen molar-refractivity contribution in [2.24, 2.45) is 0 Å². The lowest BCUT2D eigenvalue weighted by Gasteiger charge is -2.15. The standard InChI is InChI=1S/C32H45N/c1-2-3-4-5-10-18-27-33-32-30(26-25-29-22-16-17-24-31(29)32)23-15-9-7-6-8-12-19-28-20-13-11-14-21-28/h11,13-14,16-17,20-22,24-26,33H,2-10,12,15,18-19,23,27H2,1H3. The summed E-state index contributed by atoms with van der Waals surface area (Å²) in [5, 5.41) is 6.57. The van der Waals surface area contributed by atoms with Crippen molar-refractivity contribution in [3.63, 3.8) is 0 Å². The normalized spacial score (nSPS) is 11.2. The Hall–Kier alpha value is -2.28. The lowest BCUT2D eigenvalue weighted by Crippen LogP contribution is -2.05. The number of unbranched alkanes of at least 4 members (excludes halogenated alkanes) is 10. The molecule has 0 saturated heterocycles. The summed E-state index contributed by atoms with van der Waals surface area (Å²) >= 11 is 0. The third-order valence-electron chi connectivity index (χ3n) is 6.85. The third-order valence-corrected chi connectivity index (χ3v) is 6.85. The van der Waals surface area contributed by atoms with E-state index in [9.17, 15) is 0 Å². The van der Waals surface area contributed by atoms with Crippen molar-refractivity contribution < 1.29 is 0 Å². The molecule has 0 aliphatic rings. The van der Waals surface area contributed by atoms with E-state index in [2.05, 4.69) is 79.0 Å². The first-order valence-electron chi connectivity index (χ1n) is 13.7. The summed E-state index contributed by atoms with van der Waals surface area (Å²) < 4.78 is 0. The summed E-state index contributed by atoms with van der Waals surface area (Å²) in [6.45, 7) is 3.38. The number of fused-ring (bicyclic) bond motifs is 1. The second-order valence-corrected chi connectivity index (χ2v) is 9.62. The summed E-state index contributed by atoms with van der Waals surface area (Å²) in [4.78, 5) is 0. The Labute approximate surface area is 203 Å². The Morgan fingerprint density at radius 1 is 0.545 bits per heavy atom. The summed E-state index contributed by atoms with van der Waals surface area (Å²) in [5.74, 6) is 0. The molecule has 0 aromatic heterocycles. The zero-order valence-electron chi connectivity index (χ0n) is 21.0. The fraction of sp³-hybridized carbons (Fsp3) is 0.500. The smallest absolute Gasteiger partial charge is 0.0452 e. The van der Waals surface area contributed by atoms with E-state index in [1.54, 1.807) is 0 Å². The molecule has 3 aromatic rings. The van der Waals surface area contributed by atoms with Gasteiger partial charge in [0.05, 0.1) is 0 Å². The molecule has 33 heavy (non-hydrogen) atoms. The van der Waals surface area contributed by atoms with Gasteiger partial charge in [0.25, 0.3) is 0 Å². The van der Waals surface area contributed by atoms with Crippen LogP contribution in [-0.4, -0.2) is 6.54 Å². The topological polar surface area (TPSA) is 12.0 Å². The monoisotopic (exact) mass is 443 g/mol. The van der Waals surface area contributed by atoms with Gasteiger partial charge in [-0.1, -0.05) is 131 Å². The molecule has 0 aliphatic carbocycles. The van der Waals surface area contributed by atoms with Gasteiger partial charge in [0.2, 0.25) is 0 Å². The fourth-order valence-electron chi connectivity index (χ4n) is 4.85. The molecule has 3 rings (SSSR count). The maximum atomic E-state index is 3.83. The Morgan fingerprint density at radius 2 is 1.18 bits per heavy atom. The van der Waals surface area contributed by atoms with Crippen LogP contribution in [0.1, 0.15) is 95.1 Å². The Balaban J connectivity index is 1.39. The van der Waals surface area contributed by atoms with E-state index >= 15 is 0 Å². The number of nitrogens with one attached hydrogen (secondary N) is 1. The van der Waals surface area contributed by atoms with Crippen LogP contribution >= 0.6 is 0 Å². The van der Waals surface area contributed by atoms with E-state index in [-0.39, 0.29) is 0 Å². The molecule has 0 amide bonds. The molecule has 0 radical (unpaired) electrons. The molecule has 0 saturated carbocycles. The van der Waals surface area contributed by atoms with E-state index in [1.165, 1.54) is 117 Å². The molecule has 1 nitrogen and oxygen atoms in total. The first-order valence-corrected chi connectivity index (χ1v) is 13.7. The van der Waals surface area contributed by atoms with Crippen LogP contribution in [0.3, 0.4) is 0 Å². The van der Waals surface area contributed by atoms with Gasteiger partial charge in [-0.2, -0.15) is 0 Å². The maximum Gasteiger partial charge on any atom is 0.0452 e. The molecule has 0 atom stereocenters. The Bertz CT molecular complexity index is 899.